The summed E-state index contributed by atoms with van der Waals surface area (Å²) in [7, 11) is 1.53. The third-order valence-electron chi connectivity index (χ3n) is 3.47. The molecule has 0 saturated carbocycles. The van der Waals surface area contributed by atoms with Crippen LogP contribution in [-0.2, 0) is 4.79 Å². The summed E-state index contributed by atoms with van der Waals surface area (Å²) < 4.78 is 10.5. The van der Waals surface area contributed by atoms with Crippen molar-refractivity contribution in [2.75, 3.05) is 7.11 Å². The Morgan fingerprint density at radius 1 is 1.13 bits per heavy atom. The minimum Gasteiger partial charge on any atom is -0.496 e. The van der Waals surface area contributed by atoms with Crippen molar-refractivity contribution in [3.63, 3.8) is 0 Å². The number of carbonyl (C=O) groups is 1. The van der Waals surface area contributed by atoms with Gasteiger partial charge in [-0.2, -0.15) is 5.26 Å². The molecule has 23 heavy (non-hydrogen) atoms. The van der Waals surface area contributed by atoms with Gasteiger partial charge in [0.25, 0.3) is 0 Å². The van der Waals surface area contributed by atoms with Crippen LogP contribution < -0.4 is 9.47 Å². The third-order valence-corrected chi connectivity index (χ3v) is 3.47. The fourth-order valence-electron chi connectivity index (χ4n) is 2.02. The Hall–Kier alpha value is -3.06. The zero-order chi connectivity index (χ0) is 16.8. The van der Waals surface area contributed by atoms with Crippen LogP contribution in [0.3, 0.4) is 0 Å². The van der Waals surface area contributed by atoms with Crippen molar-refractivity contribution in [2.24, 2.45) is 0 Å². The van der Waals surface area contributed by atoms with Gasteiger partial charge in [-0.3, -0.25) is 0 Å². The average molecular weight is 307 g/mol. The third kappa shape index (κ3) is 3.98. The van der Waals surface area contributed by atoms with E-state index in [2.05, 4.69) is 0 Å². The van der Waals surface area contributed by atoms with Gasteiger partial charge in [-0.05, 0) is 49.2 Å². The summed E-state index contributed by atoms with van der Waals surface area (Å²) >= 11 is 0. The highest BCUT2D eigenvalue weighted by Gasteiger charge is 2.13. The lowest BCUT2D eigenvalue weighted by molar-refractivity contribution is -0.129. The van der Waals surface area contributed by atoms with Gasteiger partial charge in [-0.15, -0.1) is 0 Å². The second-order valence-corrected chi connectivity index (χ2v) is 5.05. The van der Waals surface area contributed by atoms with Crippen molar-refractivity contribution in [1.29, 1.82) is 5.26 Å². The number of nitriles is 1. The number of hydrogen-bond donors (Lipinski definition) is 0. The number of para-hydroxylation sites is 1. The molecule has 0 bridgehead atoms. The Labute approximate surface area is 135 Å². The van der Waals surface area contributed by atoms with Gasteiger partial charge in [-0.25, -0.2) is 4.79 Å². The Balaban J connectivity index is 2.26. The van der Waals surface area contributed by atoms with Gasteiger partial charge in [-0.1, -0.05) is 24.3 Å². The molecule has 0 heterocycles. The Morgan fingerprint density at radius 3 is 2.52 bits per heavy atom. The molecular weight excluding hydrogens is 290 g/mol. The number of nitrogens with zero attached hydrogens (tertiary/aromatic N) is 1. The zero-order valence-corrected chi connectivity index (χ0v) is 13.3. The summed E-state index contributed by atoms with van der Waals surface area (Å²) in [6.45, 7) is 3.91. The van der Waals surface area contributed by atoms with Gasteiger partial charge in [0.2, 0.25) is 0 Å². The predicted octanol–water partition coefficient (Wildman–Crippen LogP) is 3.82. The first-order valence-corrected chi connectivity index (χ1v) is 7.09. The maximum Gasteiger partial charge on any atom is 0.354 e. The largest absolute Gasteiger partial charge is 0.496 e. The number of methoxy groups -OCH3 is 1. The first-order chi connectivity index (χ1) is 11.0. The van der Waals surface area contributed by atoms with E-state index in [0.29, 0.717) is 17.1 Å². The van der Waals surface area contributed by atoms with Gasteiger partial charge in [0, 0.05) is 5.56 Å². The van der Waals surface area contributed by atoms with Crippen molar-refractivity contribution in [2.45, 2.75) is 13.8 Å². The lowest BCUT2D eigenvalue weighted by Gasteiger charge is -2.07. The van der Waals surface area contributed by atoms with Crippen LogP contribution in [0.1, 0.15) is 16.7 Å². The van der Waals surface area contributed by atoms with Crippen molar-refractivity contribution < 1.29 is 14.3 Å². The molecule has 4 heteroatoms. The average Bonchev–Trinajstić information content (AvgIpc) is 2.56. The molecule has 0 aromatic heterocycles. The van der Waals surface area contributed by atoms with Crippen molar-refractivity contribution >= 4 is 12.0 Å². The minimum atomic E-state index is -0.693. The number of esters is 1. The first kappa shape index (κ1) is 16.3. The maximum absolute atomic E-state index is 12.2. The summed E-state index contributed by atoms with van der Waals surface area (Å²) in [5.74, 6) is 0.306. The fourth-order valence-corrected chi connectivity index (χ4v) is 2.02. The van der Waals surface area contributed by atoms with Crippen LogP contribution in [0.15, 0.2) is 48.0 Å². The van der Waals surface area contributed by atoms with E-state index < -0.39 is 5.97 Å². The van der Waals surface area contributed by atoms with Crippen LogP contribution in [0.5, 0.6) is 11.5 Å². The standard InChI is InChI=1S/C19H17NO3/c1-13-8-9-17(10-14(13)2)23-19(21)16(12-20)11-15-6-4-5-7-18(15)22-3/h4-11H,1-3H3/b16-11+. The second kappa shape index (κ2) is 7.28. The lowest BCUT2D eigenvalue weighted by atomic mass is 10.1. The van der Waals surface area contributed by atoms with E-state index in [9.17, 15) is 10.1 Å². The fraction of sp³-hybridized carbons (Fsp3) is 0.158. The summed E-state index contributed by atoms with van der Waals surface area (Å²) in [4.78, 5) is 12.2. The molecule has 116 valence electrons. The number of benzene rings is 2. The molecule has 0 N–H and O–H groups in total. The van der Waals surface area contributed by atoms with Crippen LogP contribution in [0.25, 0.3) is 6.08 Å². The van der Waals surface area contributed by atoms with E-state index in [0.717, 1.165) is 11.1 Å². The molecule has 2 rings (SSSR count). The molecule has 0 radical (unpaired) electrons. The molecular formula is C19H17NO3. The Kier molecular flexibility index (Phi) is 5.16. The van der Waals surface area contributed by atoms with Crippen molar-refractivity contribution in [1.82, 2.24) is 0 Å². The number of rotatable bonds is 4. The minimum absolute atomic E-state index is 0.0901. The smallest absolute Gasteiger partial charge is 0.354 e. The van der Waals surface area contributed by atoms with Crippen molar-refractivity contribution in [3.8, 4) is 17.6 Å². The molecule has 4 nitrogen and oxygen atoms in total. The monoisotopic (exact) mass is 307 g/mol. The summed E-state index contributed by atoms with van der Waals surface area (Å²) in [6.07, 6.45) is 1.46. The topological polar surface area (TPSA) is 59.3 Å². The molecule has 0 saturated heterocycles. The van der Waals surface area contributed by atoms with Crippen LogP contribution in [0.2, 0.25) is 0 Å². The molecule has 0 aliphatic carbocycles. The molecule has 0 atom stereocenters. The first-order valence-electron chi connectivity index (χ1n) is 7.09. The predicted molar refractivity (Wildman–Crippen MR) is 88.1 cm³/mol. The summed E-state index contributed by atoms with van der Waals surface area (Å²) in [5.41, 5.74) is 2.67. The highest BCUT2D eigenvalue weighted by molar-refractivity contribution is 5.99. The van der Waals surface area contributed by atoms with Gasteiger partial charge in [0.15, 0.2) is 0 Å². The van der Waals surface area contributed by atoms with Gasteiger partial charge < -0.3 is 9.47 Å². The zero-order valence-electron chi connectivity index (χ0n) is 13.3. The van der Waals surface area contributed by atoms with E-state index in [1.807, 2.05) is 32.0 Å². The van der Waals surface area contributed by atoms with Crippen LogP contribution >= 0.6 is 0 Å². The Morgan fingerprint density at radius 2 is 1.87 bits per heavy atom. The maximum atomic E-state index is 12.2. The molecule has 2 aromatic carbocycles. The van der Waals surface area contributed by atoms with E-state index in [4.69, 9.17) is 9.47 Å². The molecule has 0 spiro atoms. The van der Waals surface area contributed by atoms with E-state index in [1.54, 1.807) is 30.3 Å². The highest BCUT2D eigenvalue weighted by atomic mass is 16.5. The SMILES string of the molecule is COc1ccccc1/C=C(\C#N)C(=O)Oc1ccc(C)c(C)c1. The van der Waals surface area contributed by atoms with Crippen molar-refractivity contribution in [3.05, 3.63) is 64.7 Å². The molecule has 0 amide bonds. The molecule has 2 aromatic rings. The lowest BCUT2D eigenvalue weighted by Crippen LogP contribution is -2.10. The molecule has 0 aliphatic heterocycles. The quantitative estimate of drug-likeness (QED) is 0.373. The summed E-state index contributed by atoms with van der Waals surface area (Å²) in [5, 5.41) is 9.24. The number of ether oxygens (including phenoxy) is 2. The highest BCUT2D eigenvalue weighted by Crippen LogP contribution is 2.22. The van der Waals surface area contributed by atoms with Gasteiger partial charge in [0.1, 0.15) is 23.1 Å². The number of carbonyl (C=O) groups excluding carboxylic acids is 1. The molecule has 0 fully saturated rings. The number of aryl methyl sites for hydroxylation is 2. The van der Waals surface area contributed by atoms with Gasteiger partial charge >= 0.3 is 5.97 Å². The van der Waals surface area contributed by atoms with Gasteiger partial charge in [0.05, 0.1) is 7.11 Å². The van der Waals surface area contributed by atoms with E-state index in [1.165, 1.54) is 13.2 Å². The van der Waals surface area contributed by atoms with E-state index in [-0.39, 0.29) is 5.57 Å². The van der Waals surface area contributed by atoms with Crippen LogP contribution in [0, 0.1) is 25.2 Å². The summed E-state index contributed by atoms with van der Waals surface area (Å²) in [6, 6.07) is 14.4. The second-order valence-electron chi connectivity index (χ2n) is 5.05. The molecule has 0 aliphatic rings. The van der Waals surface area contributed by atoms with Crippen LogP contribution in [-0.4, -0.2) is 13.1 Å². The Bertz CT molecular complexity index is 801. The molecule has 0 unspecified atom stereocenters. The number of hydrogen-bond acceptors (Lipinski definition) is 4. The van der Waals surface area contributed by atoms with E-state index >= 15 is 0 Å². The normalized spacial score (nSPS) is 10.8. The van der Waals surface area contributed by atoms with Crippen LogP contribution in [0.4, 0.5) is 0 Å².